The summed E-state index contributed by atoms with van der Waals surface area (Å²) in [7, 11) is 8.88. The van der Waals surface area contributed by atoms with Crippen molar-refractivity contribution in [3.05, 3.63) is 0 Å². The van der Waals surface area contributed by atoms with Crippen LogP contribution in [-0.2, 0) is 19.1 Å². The summed E-state index contributed by atoms with van der Waals surface area (Å²) in [5, 5.41) is 0. The minimum Gasteiger partial charge on any atom is -0.460 e. The summed E-state index contributed by atoms with van der Waals surface area (Å²) in [5.41, 5.74) is 0. The van der Waals surface area contributed by atoms with E-state index in [4.69, 9.17) is 9.47 Å². The zero-order chi connectivity index (χ0) is 39.9. The summed E-state index contributed by atoms with van der Waals surface area (Å²) in [5.74, 6) is -0.595. The minimum absolute atomic E-state index is 0.100. The fraction of sp³-hybridized carbons (Fsp3) is 0.958. The van der Waals surface area contributed by atoms with Gasteiger partial charge in [-0.3, -0.25) is 9.59 Å². The molecular formula is C48H98N2O4+2. The molecule has 6 heteroatoms. The topological polar surface area (TPSA) is 52.6 Å². The van der Waals surface area contributed by atoms with Gasteiger partial charge < -0.3 is 18.4 Å². The smallest absolute Gasteiger partial charge is 0.306 e. The fourth-order valence-electron chi connectivity index (χ4n) is 7.56. The molecule has 0 heterocycles. The Morgan fingerprint density at radius 1 is 0.315 bits per heavy atom. The quantitative estimate of drug-likeness (QED) is 0.0352. The maximum absolute atomic E-state index is 12.3. The highest BCUT2D eigenvalue weighted by molar-refractivity contribution is 5.77. The summed E-state index contributed by atoms with van der Waals surface area (Å²) < 4.78 is 12.7. The maximum atomic E-state index is 12.3. The van der Waals surface area contributed by atoms with E-state index in [1.165, 1.54) is 205 Å². The normalized spacial score (nSPS) is 12.0. The predicted octanol–water partition coefficient (Wildman–Crippen LogP) is 13.5. The van der Waals surface area contributed by atoms with Gasteiger partial charge in [-0.05, 0) is 25.7 Å². The molecule has 0 unspecified atom stereocenters. The molecule has 0 amide bonds. The van der Waals surface area contributed by atoms with Crippen molar-refractivity contribution in [1.82, 2.24) is 0 Å². The number of esters is 2. The van der Waals surface area contributed by atoms with Crippen molar-refractivity contribution in [3.63, 3.8) is 0 Å². The second-order valence-corrected chi connectivity index (χ2v) is 18.3. The summed E-state index contributed by atoms with van der Waals surface area (Å²) in [6, 6.07) is 0. The van der Waals surface area contributed by atoms with Crippen LogP contribution in [0.2, 0.25) is 0 Å². The lowest BCUT2D eigenvalue weighted by molar-refractivity contribution is -0.890. The number of hydrogen-bond acceptors (Lipinski definition) is 4. The minimum atomic E-state index is -0.297. The first kappa shape index (κ1) is 52.9. The molecule has 0 spiro atoms. The predicted molar refractivity (Wildman–Crippen MR) is 234 cm³/mol. The zero-order valence-electron chi connectivity index (χ0n) is 37.8. The van der Waals surface area contributed by atoms with Gasteiger partial charge >= 0.3 is 11.9 Å². The van der Waals surface area contributed by atoms with Crippen molar-refractivity contribution in [2.24, 2.45) is 0 Å². The van der Waals surface area contributed by atoms with Crippen LogP contribution in [0.25, 0.3) is 0 Å². The van der Waals surface area contributed by atoms with E-state index < -0.39 is 0 Å². The van der Waals surface area contributed by atoms with Gasteiger partial charge in [0.05, 0.1) is 54.1 Å². The lowest BCUT2D eigenvalue weighted by atomic mass is 10.0. The maximum Gasteiger partial charge on any atom is 0.306 e. The zero-order valence-corrected chi connectivity index (χ0v) is 37.8. The van der Waals surface area contributed by atoms with Crippen molar-refractivity contribution < 1.29 is 28.0 Å². The molecule has 0 aromatic heterocycles. The number of likely N-dealkylation sites (N-methyl/N-ethyl adjacent to an activating group) is 2. The van der Waals surface area contributed by atoms with Crippen molar-refractivity contribution in [2.75, 3.05) is 67.6 Å². The molecule has 322 valence electrons. The lowest BCUT2D eigenvalue weighted by Gasteiger charge is -2.29. The highest BCUT2D eigenvalue weighted by atomic mass is 16.5. The highest BCUT2D eigenvalue weighted by Crippen LogP contribution is 2.16. The molecular weight excluding hydrogens is 669 g/mol. The van der Waals surface area contributed by atoms with E-state index >= 15 is 0 Å². The van der Waals surface area contributed by atoms with Gasteiger partial charge in [0, 0.05) is 0 Å². The van der Waals surface area contributed by atoms with E-state index in [0.29, 0.717) is 13.2 Å². The third-order valence-electron chi connectivity index (χ3n) is 11.7. The van der Waals surface area contributed by atoms with Crippen LogP contribution in [0.1, 0.15) is 232 Å². The lowest BCUT2D eigenvalue weighted by Crippen LogP contribution is -2.43. The van der Waals surface area contributed by atoms with Crippen LogP contribution in [0.5, 0.6) is 0 Å². The average Bonchev–Trinajstić information content (AvgIpc) is 3.13. The molecule has 54 heavy (non-hydrogen) atoms. The van der Waals surface area contributed by atoms with Crippen LogP contribution in [-0.4, -0.2) is 88.5 Å². The van der Waals surface area contributed by atoms with Crippen LogP contribution in [0.4, 0.5) is 0 Å². The Hall–Kier alpha value is -1.14. The van der Waals surface area contributed by atoms with Gasteiger partial charge in [-0.25, -0.2) is 0 Å². The molecule has 0 saturated heterocycles. The van der Waals surface area contributed by atoms with Crippen molar-refractivity contribution in [3.8, 4) is 0 Å². The molecule has 0 rings (SSSR count). The Morgan fingerprint density at radius 3 is 0.741 bits per heavy atom. The van der Waals surface area contributed by atoms with Crippen LogP contribution in [0.15, 0.2) is 0 Å². The van der Waals surface area contributed by atoms with E-state index in [-0.39, 0.29) is 24.8 Å². The third-order valence-corrected chi connectivity index (χ3v) is 11.7. The van der Waals surface area contributed by atoms with E-state index in [0.717, 1.165) is 35.1 Å². The molecule has 0 fully saturated rings. The van der Waals surface area contributed by atoms with E-state index in [1.54, 1.807) is 0 Å². The molecule has 0 aliphatic rings. The number of carbonyl (C=O) groups is 2. The molecule has 0 saturated carbocycles. The van der Waals surface area contributed by atoms with Crippen molar-refractivity contribution >= 4 is 11.9 Å². The molecule has 0 N–H and O–H groups in total. The van der Waals surface area contributed by atoms with Crippen molar-refractivity contribution in [2.45, 2.75) is 232 Å². The number of quaternary nitrogens is 2. The fourth-order valence-corrected chi connectivity index (χ4v) is 7.56. The van der Waals surface area contributed by atoms with Crippen LogP contribution < -0.4 is 0 Å². The van der Waals surface area contributed by atoms with Crippen molar-refractivity contribution in [1.29, 1.82) is 0 Å². The molecule has 0 atom stereocenters. The molecule has 0 bridgehead atoms. The van der Waals surface area contributed by atoms with Gasteiger partial charge in [0.15, 0.2) is 0 Å². The number of carbonyl (C=O) groups excluding carboxylic acids is 2. The second kappa shape index (κ2) is 38.7. The molecule has 0 aromatic carbocycles. The van der Waals surface area contributed by atoms with Gasteiger partial charge in [0.1, 0.15) is 26.3 Å². The number of hydrogen-bond donors (Lipinski definition) is 0. The Balaban J connectivity index is 3.62. The first-order chi connectivity index (χ1) is 26.1. The van der Waals surface area contributed by atoms with Gasteiger partial charge in [-0.2, -0.15) is 0 Å². The third kappa shape index (κ3) is 40.5. The van der Waals surface area contributed by atoms with E-state index in [2.05, 4.69) is 42.0 Å². The van der Waals surface area contributed by atoms with Gasteiger partial charge in [0.2, 0.25) is 0 Å². The molecule has 0 aliphatic carbocycles. The van der Waals surface area contributed by atoms with Crippen LogP contribution in [0, 0.1) is 0 Å². The summed E-state index contributed by atoms with van der Waals surface area (Å²) in [4.78, 5) is 24.5. The average molecular weight is 767 g/mol. The second-order valence-electron chi connectivity index (χ2n) is 18.3. The Labute approximate surface area is 338 Å². The Bertz CT molecular complexity index is 749. The van der Waals surface area contributed by atoms with Gasteiger partial charge in [0.25, 0.3) is 0 Å². The van der Waals surface area contributed by atoms with Crippen LogP contribution >= 0.6 is 0 Å². The molecule has 0 radical (unpaired) electrons. The Morgan fingerprint density at radius 2 is 0.519 bits per heavy atom. The largest absolute Gasteiger partial charge is 0.460 e. The highest BCUT2D eigenvalue weighted by Gasteiger charge is 2.18. The summed E-state index contributed by atoms with van der Waals surface area (Å²) in [6.07, 6.45) is 44.6. The first-order valence-electron chi connectivity index (χ1n) is 24.1. The summed E-state index contributed by atoms with van der Waals surface area (Å²) in [6.45, 7) is 9.22. The molecule has 0 aromatic rings. The number of unbranched alkanes of at least 4 members (excludes halogenated alkanes) is 30. The number of rotatable bonds is 43. The number of ether oxygens (including phenoxy) is 2. The SMILES string of the molecule is CCCCCCCCCCCCCCCCCC[N+](C)(C)CCOC(=O)CCC(=O)OCC[N+](C)(C)CCCCCCCCCCCCCCCCCC. The van der Waals surface area contributed by atoms with Crippen LogP contribution in [0.3, 0.4) is 0 Å². The van der Waals surface area contributed by atoms with Gasteiger partial charge in [-0.1, -0.05) is 194 Å². The number of nitrogens with zero attached hydrogens (tertiary/aromatic N) is 2. The van der Waals surface area contributed by atoms with E-state index in [9.17, 15) is 9.59 Å². The Kier molecular flexibility index (Phi) is 37.9. The standard InChI is InChI=1S/C48H98N2O4/c1-7-9-11-13-15-17-19-21-23-25-27-29-31-33-35-37-41-49(3,4)43-45-53-47(51)39-40-48(52)54-46-44-50(5,6)42-38-36-34-32-30-28-26-24-22-20-18-16-14-12-10-8-2/h7-46H2,1-6H3/q+2. The van der Waals surface area contributed by atoms with E-state index in [1.807, 2.05) is 0 Å². The monoisotopic (exact) mass is 767 g/mol. The first-order valence-corrected chi connectivity index (χ1v) is 24.1. The molecule has 6 nitrogen and oxygen atoms in total. The van der Waals surface area contributed by atoms with Gasteiger partial charge in [-0.15, -0.1) is 0 Å². The summed E-state index contributed by atoms with van der Waals surface area (Å²) >= 11 is 0. The molecule has 0 aliphatic heterocycles.